The monoisotopic (exact) mass is 445 g/mol. The summed E-state index contributed by atoms with van der Waals surface area (Å²) in [5.74, 6) is 0.259. The standard InChI is InChI=1S/C26H23NO6/c1-2-31-19-8-5-16(6-9-19)15-27-23(21-4-3-12-32-21)22(25(29)26(27)30)24(28)18-7-10-20-17(14-18)11-13-33-20/h3-10,12,14,23,28H,2,11,13,15H2,1H3/b24-22-. The average Bonchev–Trinajstić information content (AvgIpc) is 3.56. The molecule has 5 rings (SSSR count). The number of hydrogen-bond acceptors (Lipinski definition) is 6. The molecule has 1 N–H and O–H groups in total. The summed E-state index contributed by atoms with van der Waals surface area (Å²) in [6, 6.07) is 15.2. The lowest BCUT2D eigenvalue weighted by atomic mass is 9.98. The van der Waals surface area contributed by atoms with Gasteiger partial charge in [-0.05, 0) is 60.5 Å². The molecule has 168 valence electrons. The summed E-state index contributed by atoms with van der Waals surface area (Å²) in [5, 5.41) is 11.2. The summed E-state index contributed by atoms with van der Waals surface area (Å²) in [7, 11) is 0. The van der Waals surface area contributed by atoms with Crippen LogP contribution in [-0.2, 0) is 22.6 Å². The minimum Gasteiger partial charge on any atom is -0.507 e. The molecule has 0 aliphatic carbocycles. The van der Waals surface area contributed by atoms with E-state index in [2.05, 4.69) is 0 Å². The van der Waals surface area contributed by atoms with E-state index in [0.29, 0.717) is 24.5 Å². The molecule has 33 heavy (non-hydrogen) atoms. The van der Waals surface area contributed by atoms with E-state index < -0.39 is 17.7 Å². The van der Waals surface area contributed by atoms with Crippen molar-refractivity contribution in [2.75, 3.05) is 13.2 Å². The number of Topliss-reactive ketones (excluding diaryl/α,β-unsaturated/α-hetero) is 1. The molecule has 0 spiro atoms. The quantitative estimate of drug-likeness (QED) is 0.347. The number of aliphatic hydroxyl groups excluding tert-OH is 1. The summed E-state index contributed by atoms with van der Waals surface area (Å²) in [6.45, 7) is 3.22. The average molecular weight is 445 g/mol. The lowest BCUT2D eigenvalue weighted by Crippen LogP contribution is -2.29. The summed E-state index contributed by atoms with van der Waals surface area (Å²) in [6.07, 6.45) is 2.21. The van der Waals surface area contributed by atoms with Gasteiger partial charge in [0.2, 0.25) is 0 Å². The number of ketones is 1. The Morgan fingerprint density at radius 3 is 2.70 bits per heavy atom. The van der Waals surface area contributed by atoms with E-state index in [0.717, 1.165) is 29.0 Å². The molecule has 7 nitrogen and oxygen atoms in total. The first-order chi connectivity index (χ1) is 16.1. The van der Waals surface area contributed by atoms with Crippen molar-refractivity contribution in [2.45, 2.75) is 25.9 Å². The number of carbonyl (C=O) groups excluding carboxylic acids is 2. The largest absolute Gasteiger partial charge is 0.507 e. The molecular weight excluding hydrogens is 422 g/mol. The van der Waals surface area contributed by atoms with Gasteiger partial charge < -0.3 is 23.9 Å². The first kappa shape index (κ1) is 20.9. The fourth-order valence-electron chi connectivity index (χ4n) is 4.33. The Kier molecular flexibility index (Phi) is 5.38. The van der Waals surface area contributed by atoms with Crippen molar-refractivity contribution < 1.29 is 28.6 Å². The minimum atomic E-state index is -0.837. The van der Waals surface area contributed by atoms with Crippen LogP contribution in [0.4, 0.5) is 0 Å². The molecule has 2 aromatic carbocycles. The lowest BCUT2D eigenvalue weighted by molar-refractivity contribution is -0.140. The van der Waals surface area contributed by atoms with E-state index in [-0.39, 0.29) is 17.9 Å². The Balaban J connectivity index is 1.54. The highest BCUT2D eigenvalue weighted by Gasteiger charge is 2.47. The third-order valence-corrected chi connectivity index (χ3v) is 5.90. The van der Waals surface area contributed by atoms with E-state index in [1.807, 2.05) is 31.2 Å². The number of likely N-dealkylation sites (tertiary alicyclic amines) is 1. The van der Waals surface area contributed by atoms with Crippen LogP contribution in [-0.4, -0.2) is 34.9 Å². The van der Waals surface area contributed by atoms with Crippen LogP contribution in [0.25, 0.3) is 5.76 Å². The van der Waals surface area contributed by atoms with Crippen LogP contribution in [0.1, 0.15) is 35.4 Å². The Morgan fingerprint density at radius 1 is 1.15 bits per heavy atom. The van der Waals surface area contributed by atoms with Crippen LogP contribution < -0.4 is 9.47 Å². The number of ether oxygens (including phenoxy) is 2. The highest BCUT2D eigenvalue weighted by atomic mass is 16.5. The zero-order valence-electron chi connectivity index (χ0n) is 18.1. The van der Waals surface area contributed by atoms with Gasteiger partial charge in [-0.3, -0.25) is 9.59 Å². The first-order valence-electron chi connectivity index (χ1n) is 10.9. The maximum absolute atomic E-state index is 13.1. The molecule has 1 aromatic heterocycles. The van der Waals surface area contributed by atoms with Crippen LogP contribution in [0.15, 0.2) is 70.9 Å². The summed E-state index contributed by atoms with van der Waals surface area (Å²) >= 11 is 0. The van der Waals surface area contributed by atoms with E-state index in [4.69, 9.17) is 13.9 Å². The number of amides is 1. The number of rotatable bonds is 6. The number of furan rings is 1. The Bertz CT molecular complexity index is 1230. The second kappa shape index (κ2) is 8.50. The molecule has 0 bridgehead atoms. The topological polar surface area (TPSA) is 89.2 Å². The molecule has 3 aromatic rings. The summed E-state index contributed by atoms with van der Waals surface area (Å²) < 4.78 is 16.6. The minimum absolute atomic E-state index is 0.0137. The van der Waals surface area contributed by atoms with E-state index in [9.17, 15) is 14.7 Å². The van der Waals surface area contributed by atoms with Gasteiger partial charge in [-0.15, -0.1) is 0 Å². The van der Waals surface area contributed by atoms with Crippen LogP contribution >= 0.6 is 0 Å². The van der Waals surface area contributed by atoms with Gasteiger partial charge in [-0.25, -0.2) is 0 Å². The molecule has 3 heterocycles. The van der Waals surface area contributed by atoms with E-state index in [1.54, 1.807) is 30.3 Å². The second-order valence-corrected chi connectivity index (χ2v) is 7.94. The molecule has 1 unspecified atom stereocenters. The van der Waals surface area contributed by atoms with Gasteiger partial charge in [0.1, 0.15) is 29.1 Å². The Morgan fingerprint density at radius 2 is 1.97 bits per heavy atom. The number of aliphatic hydroxyl groups is 1. The molecule has 0 saturated carbocycles. The SMILES string of the molecule is CCOc1ccc(CN2C(=O)C(=O)/C(=C(\O)c3ccc4c(c3)CCO4)C2c2ccco2)cc1. The highest BCUT2D eigenvalue weighted by Crippen LogP contribution is 2.41. The second-order valence-electron chi connectivity index (χ2n) is 7.94. The molecule has 0 radical (unpaired) electrons. The number of fused-ring (bicyclic) bond motifs is 1. The Hall–Kier alpha value is -4.00. The van der Waals surface area contributed by atoms with Crippen LogP contribution in [0.3, 0.4) is 0 Å². The molecule has 7 heteroatoms. The molecule has 1 atom stereocenters. The molecule has 1 amide bonds. The predicted octanol–water partition coefficient (Wildman–Crippen LogP) is 4.24. The third-order valence-electron chi connectivity index (χ3n) is 5.90. The third kappa shape index (κ3) is 3.75. The first-order valence-corrected chi connectivity index (χ1v) is 10.9. The van der Waals surface area contributed by atoms with Gasteiger partial charge in [-0.1, -0.05) is 12.1 Å². The molecule has 2 aliphatic rings. The fourth-order valence-corrected chi connectivity index (χ4v) is 4.33. The summed E-state index contributed by atoms with van der Waals surface area (Å²) in [4.78, 5) is 27.6. The van der Waals surface area contributed by atoms with Crippen molar-refractivity contribution in [1.82, 2.24) is 4.90 Å². The van der Waals surface area contributed by atoms with Crippen molar-refractivity contribution in [3.05, 3.63) is 88.9 Å². The Labute approximate surface area is 190 Å². The lowest BCUT2D eigenvalue weighted by Gasteiger charge is -2.23. The number of hydrogen-bond donors (Lipinski definition) is 1. The predicted molar refractivity (Wildman–Crippen MR) is 120 cm³/mol. The van der Waals surface area contributed by atoms with E-state index >= 15 is 0 Å². The maximum atomic E-state index is 13.1. The normalized spacial score (nSPS) is 18.9. The molecule has 1 fully saturated rings. The molecule has 1 saturated heterocycles. The van der Waals surface area contributed by atoms with Gasteiger partial charge in [0, 0.05) is 18.5 Å². The van der Waals surface area contributed by atoms with Crippen LogP contribution in [0, 0.1) is 0 Å². The number of benzene rings is 2. The fraction of sp³-hybridized carbons (Fsp3) is 0.231. The highest BCUT2D eigenvalue weighted by molar-refractivity contribution is 6.46. The van der Waals surface area contributed by atoms with Crippen LogP contribution in [0.2, 0.25) is 0 Å². The van der Waals surface area contributed by atoms with Gasteiger partial charge in [0.15, 0.2) is 0 Å². The molecule has 2 aliphatic heterocycles. The smallest absolute Gasteiger partial charge is 0.296 e. The van der Waals surface area contributed by atoms with Gasteiger partial charge in [-0.2, -0.15) is 0 Å². The van der Waals surface area contributed by atoms with Crippen molar-refractivity contribution in [1.29, 1.82) is 0 Å². The van der Waals surface area contributed by atoms with Gasteiger partial charge >= 0.3 is 0 Å². The number of carbonyl (C=O) groups is 2. The molecular formula is C26H23NO6. The maximum Gasteiger partial charge on any atom is 0.296 e. The van der Waals surface area contributed by atoms with Gasteiger partial charge in [0.25, 0.3) is 11.7 Å². The van der Waals surface area contributed by atoms with Gasteiger partial charge in [0.05, 0.1) is 25.1 Å². The van der Waals surface area contributed by atoms with Crippen molar-refractivity contribution in [3.8, 4) is 11.5 Å². The zero-order chi connectivity index (χ0) is 22.9. The van der Waals surface area contributed by atoms with Crippen molar-refractivity contribution in [2.24, 2.45) is 0 Å². The van der Waals surface area contributed by atoms with E-state index in [1.165, 1.54) is 11.2 Å². The summed E-state index contributed by atoms with van der Waals surface area (Å²) in [5.41, 5.74) is 2.26. The van der Waals surface area contributed by atoms with Crippen molar-refractivity contribution >= 4 is 17.4 Å². The zero-order valence-corrected chi connectivity index (χ0v) is 18.1. The number of nitrogens with zero attached hydrogens (tertiary/aromatic N) is 1. The van der Waals surface area contributed by atoms with Crippen LogP contribution in [0.5, 0.6) is 11.5 Å². The van der Waals surface area contributed by atoms with Crippen molar-refractivity contribution in [3.63, 3.8) is 0 Å².